The molecule has 1 aromatic heterocycles. The van der Waals surface area contributed by atoms with Gasteiger partial charge in [-0.05, 0) is 49.4 Å². The van der Waals surface area contributed by atoms with Gasteiger partial charge in [-0.15, -0.1) is 0 Å². The molecule has 0 radical (unpaired) electrons. The number of fused-ring (bicyclic) bond motifs is 1. The maximum atomic E-state index is 12.8. The number of rotatable bonds is 4. The van der Waals surface area contributed by atoms with Crippen molar-refractivity contribution in [2.24, 2.45) is 0 Å². The number of ether oxygens (including phenoxy) is 1. The van der Waals surface area contributed by atoms with E-state index in [1.54, 1.807) is 12.3 Å². The van der Waals surface area contributed by atoms with Crippen molar-refractivity contribution < 1.29 is 26.7 Å². The van der Waals surface area contributed by atoms with Gasteiger partial charge in [-0.1, -0.05) is 0 Å². The van der Waals surface area contributed by atoms with Gasteiger partial charge < -0.3 is 14.6 Å². The van der Waals surface area contributed by atoms with E-state index in [0.717, 1.165) is 12.1 Å². The molecule has 2 heterocycles. The highest BCUT2D eigenvalue weighted by molar-refractivity contribution is 7.79. The molecule has 0 bridgehead atoms. The summed E-state index contributed by atoms with van der Waals surface area (Å²) in [5.74, 6) is 0. The fourth-order valence-corrected chi connectivity index (χ4v) is 3.50. The third-order valence-electron chi connectivity index (χ3n) is 4.46. The number of hydrogen-bond acceptors (Lipinski definition) is 4. The monoisotopic (exact) mass is 423 g/mol. The zero-order valence-corrected chi connectivity index (χ0v) is 15.9. The summed E-state index contributed by atoms with van der Waals surface area (Å²) in [6.45, 7) is 2.55. The summed E-state index contributed by atoms with van der Waals surface area (Å²) >= 11 is -2.19. The van der Waals surface area contributed by atoms with Gasteiger partial charge >= 0.3 is 6.18 Å². The molecule has 4 rings (SSSR count). The molecule has 10 heteroatoms. The first-order valence-electron chi connectivity index (χ1n) is 8.64. The van der Waals surface area contributed by atoms with E-state index in [2.05, 4.69) is 10.3 Å². The number of halogens is 3. The first kappa shape index (κ1) is 19.5. The molecule has 2 N–H and O–H groups in total. The van der Waals surface area contributed by atoms with Crippen LogP contribution in [0.3, 0.4) is 0 Å². The van der Waals surface area contributed by atoms with Crippen molar-refractivity contribution in [3.63, 3.8) is 0 Å². The summed E-state index contributed by atoms with van der Waals surface area (Å²) in [4.78, 5) is 4.61. The molecule has 3 aromatic rings. The first-order chi connectivity index (χ1) is 13.7. The number of imidazole rings is 1. The summed E-state index contributed by atoms with van der Waals surface area (Å²) in [5, 5.41) is 3.05. The highest BCUT2D eigenvalue weighted by Crippen LogP contribution is 2.35. The van der Waals surface area contributed by atoms with Crippen molar-refractivity contribution in [2.45, 2.75) is 30.6 Å². The number of alkyl halides is 3. The highest BCUT2D eigenvalue weighted by Gasteiger charge is 2.30. The van der Waals surface area contributed by atoms with Crippen LogP contribution >= 0.6 is 0 Å². The largest absolute Gasteiger partial charge is 0.460 e. The standard InChI is InChI=1S/C19H16F3N3O3S/c1-11-9-25-10-17(24-18(25)28-11)15-8-14(29(26)27)6-7-16(15)23-13-4-2-12(3-5-13)19(20,21)22/h2-8,10-11,23H,9H2,1H3,(H,26,27)/t11-/m1/s1. The fourth-order valence-electron chi connectivity index (χ4n) is 3.10. The molecule has 1 unspecified atom stereocenters. The quantitative estimate of drug-likeness (QED) is 0.597. The lowest BCUT2D eigenvalue weighted by atomic mass is 10.1. The van der Waals surface area contributed by atoms with Gasteiger partial charge in [0.25, 0.3) is 6.01 Å². The Morgan fingerprint density at radius 1 is 1.24 bits per heavy atom. The number of hydrogen-bond donors (Lipinski definition) is 2. The van der Waals surface area contributed by atoms with E-state index in [1.165, 1.54) is 24.3 Å². The van der Waals surface area contributed by atoms with Crippen LogP contribution in [0.1, 0.15) is 12.5 Å². The maximum Gasteiger partial charge on any atom is 0.416 e. The van der Waals surface area contributed by atoms with Gasteiger partial charge in [0.2, 0.25) is 0 Å². The van der Waals surface area contributed by atoms with Crippen molar-refractivity contribution >= 4 is 22.5 Å². The lowest BCUT2D eigenvalue weighted by Crippen LogP contribution is -2.08. The summed E-state index contributed by atoms with van der Waals surface area (Å²) in [7, 11) is 0. The number of benzene rings is 2. The van der Waals surface area contributed by atoms with Gasteiger partial charge in [-0.25, -0.2) is 4.21 Å². The van der Waals surface area contributed by atoms with Crippen molar-refractivity contribution in [1.29, 1.82) is 0 Å². The molecule has 0 saturated heterocycles. The molecule has 6 nitrogen and oxygen atoms in total. The lowest BCUT2D eigenvalue weighted by molar-refractivity contribution is -0.137. The molecule has 0 aliphatic carbocycles. The topological polar surface area (TPSA) is 76.4 Å². The molecular formula is C19H16F3N3O3S. The Hall–Kier alpha value is -2.85. The second kappa shape index (κ2) is 7.20. The van der Waals surface area contributed by atoms with Crippen LogP contribution < -0.4 is 10.1 Å². The lowest BCUT2D eigenvalue weighted by Gasteiger charge is -2.13. The Labute approximate surface area is 166 Å². The summed E-state index contributed by atoms with van der Waals surface area (Å²) in [6, 6.07) is 9.64. The smallest absolute Gasteiger partial charge is 0.416 e. The molecule has 0 spiro atoms. The summed E-state index contributed by atoms with van der Waals surface area (Å²) in [5.41, 5.74) is 1.28. The zero-order valence-electron chi connectivity index (χ0n) is 15.1. The molecule has 1 aliphatic rings. The van der Waals surface area contributed by atoms with E-state index in [9.17, 15) is 21.9 Å². The molecule has 29 heavy (non-hydrogen) atoms. The van der Waals surface area contributed by atoms with Gasteiger partial charge in [0.15, 0.2) is 11.1 Å². The van der Waals surface area contributed by atoms with Gasteiger partial charge in [0.1, 0.15) is 6.10 Å². The average Bonchev–Trinajstić information content (AvgIpc) is 3.19. The maximum absolute atomic E-state index is 12.8. The number of nitrogens with one attached hydrogen (secondary N) is 1. The van der Waals surface area contributed by atoms with Gasteiger partial charge in [0, 0.05) is 23.1 Å². The minimum atomic E-state index is -4.41. The van der Waals surface area contributed by atoms with E-state index in [4.69, 9.17) is 4.74 Å². The Morgan fingerprint density at radius 2 is 1.97 bits per heavy atom. The molecule has 0 fully saturated rings. The van der Waals surface area contributed by atoms with E-state index in [1.807, 2.05) is 11.5 Å². The zero-order chi connectivity index (χ0) is 20.8. The minimum absolute atomic E-state index is 0.00701. The second-order valence-electron chi connectivity index (χ2n) is 6.65. The van der Waals surface area contributed by atoms with E-state index < -0.39 is 22.8 Å². The Bertz CT molecular complexity index is 1060. The second-order valence-corrected chi connectivity index (χ2v) is 7.62. The van der Waals surface area contributed by atoms with Crippen LogP contribution in [-0.4, -0.2) is 24.4 Å². The summed E-state index contributed by atoms with van der Waals surface area (Å²) in [6.07, 6.45) is -2.63. The number of nitrogens with zero attached hydrogens (tertiary/aromatic N) is 2. The summed E-state index contributed by atoms with van der Waals surface area (Å²) < 4.78 is 66.7. The molecule has 2 aromatic carbocycles. The van der Waals surface area contributed by atoms with Gasteiger partial charge in [-0.3, -0.25) is 4.57 Å². The Kier molecular flexibility index (Phi) is 4.83. The highest BCUT2D eigenvalue weighted by atomic mass is 32.2. The molecule has 152 valence electrons. The first-order valence-corrected chi connectivity index (χ1v) is 9.75. The molecule has 1 aliphatic heterocycles. The van der Waals surface area contributed by atoms with Crippen molar-refractivity contribution in [3.8, 4) is 17.3 Å². The molecule has 0 amide bonds. The molecular weight excluding hydrogens is 407 g/mol. The number of anilines is 2. The SMILES string of the molecule is C[C@@H]1Cn2cc(-c3cc(S(=O)O)ccc3Nc3ccc(C(F)(F)F)cc3)nc2O1. The van der Waals surface area contributed by atoms with Crippen molar-refractivity contribution in [1.82, 2.24) is 9.55 Å². The van der Waals surface area contributed by atoms with E-state index >= 15 is 0 Å². The molecule has 0 saturated carbocycles. The van der Waals surface area contributed by atoms with Crippen LogP contribution in [0.5, 0.6) is 6.01 Å². The van der Waals surface area contributed by atoms with E-state index in [0.29, 0.717) is 35.2 Å². The van der Waals surface area contributed by atoms with Crippen LogP contribution in [-0.2, 0) is 23.8 Å². The van der Waals surface area contributed by atoms with Crippen LogP contribution in [0, 0.1) is 0 Å². The Balaban J connectivity index is 1.70. The van der Waals surface area contributed by atoms with Crippen molar-refractivity contribution in [2.75, 3.05) is 5.32 Å². The van der Waals surface area contributed by atoms with Crippen LogP contribution in [0.25, 0.3) is 11.3 Å². The van der Waals surface area contributed by atoms with Gasteiger partial charge in [-0.2, -0.15) is 18.2 Å². The predicted molar refractivity (Wildman–Crippen MR) is 102 cm³/mol. The normalized spacial score (nSPS) is 16.9. The Morgan fingerprint density at radius 3 is 2.59 bits per heavy atom. The average molecular weight is 423 g/mol. The van der Waals surface area contributed by atoms with Crippen molar-refractivity contribution in [3.05, 3.63) is 54.2 Å². The van der Waals surface area contributed by atoms with E-state index in [-0.39, 0.29) is 11.0 Å². The fraction of sp³-hybridized carbons (Fsp3) is 0.211. The van der Waals surface area contributed by atoms with Crippen LogP contribution in [0.15, 0.2) is 53.6 Å². The predicted octanol–water partition coefficient (Wildman–Crippen LogP) is 4.67. The third kappa shape index (κ3) is 3.99. The van der Waals surface area contributed by atoms with Crippen LogP contribution in [0.2, 0.25) is 0 Å². The van der Waals surface area contributed by atoms with Gasteiger partial charge in [0.05, 0.1) is 22.7 Å². The number of aromatic nitrogens is 2. The molecule has 2 atom stereocenters. The van der Waals surface area contributed by atoms with Crippen LogP contribution in [0.4, 0.5) is 24.5 Å². The minimum Gasteiger partial charge on any atom is -0.460 e. The third-order valence-corrected chi connectivity index (χ3v) is 5.12.